The summed E-state index contributed by atoms with van der Waals surface area (Å²) in [5.41, 5.74) is 1.82. The van der Waals surface area contributed by atoms with Gasteiger partial charge >= 0.3 is 5.97 Å². The van der Waals surface area contributed by atoms with Crippen molar-refractivity contribution >= 4 is 29.4 Å². The van der Waals surface area contributed by atoms with Crippen LogP contribution in [0.5, 0.6) is 5.75 Å². The number of aliphatic imine (C=N–C) groups is 1. The molecule has 0 aromatic heterocycles. The molecule has 2 amide bonds. The van der Waals surface area contributed by atoms with E-state index >= 15 is 0 Å². The Labute approximate surface area is 225 Å². The lowest BCUT2D eigenvalue weighted by atomic mass is 9.86. The van der Waals surface area contributed by atoms with E-state index in [1.165, 1.54) is 43.4 Å². The third-order valence-electron chi connectivity index (χ3n) is 7.78. The van der Waals surface area contributed by atoms with Crippen LogP contribution in [-0.4, -0.2) is 64.9 Å². The SMILES string of the molecule is O=C(O)CN(CCCCC1CCCCC1)C(=O)CCCCCCOc1cccc2c1N=C1NC(=O)CN1C2. The first-order valence-electron chi connectivity index (χ1n) is 14.4. The van der Waals surface area contributed by atoms with Gasteiger partial charge in [-0.1, -0.05) is 69.9 Å². The number of hydrogen-bond acceptors (Lipinski definition) is 6. The molecule has 1 saturated carbocycles. The van der Waals surface area contributed by atoms with Crippen LogP contribution in [0, 0.1) is 5.92 Å². The normalized spacial score (nSPS) is 16.9. The molecule has 0 bridgehead atoms. The molecule has 0 unspecified atom stereocenters. The van der Waals surface area contributed by atoms with Crippen molar-refractivity contribution in [1.82, 2.24) is 15.1 Å². The number of fused-ring (bicyclic) bond motifs is 2. The van der Waals surface area contributed by atoms with Crippen LogP contribution in [0.2, 0.25) is 0 Å². The number of amides is 2. The fraction of sp³-hybridized carbons (Fsp3) is 0.655. The maximum Gasteiger partial charge on any atom is 0.323 e. The minimum Gasteiger partial charge on any atom is -0.491 e. The number of hydrogen-bond donors (Lipinski definition) is 2. The minimum atomic E-state index is -0.945. The number of guanidine groups is 1. The minimum absolute atomic E-state index is 0.0433. The first-order valence-corrected chi connectivity index (χ1v) is 14.4. The highest BCUT2D eigenvalue weighted by Gasteiger charge is 2.30. The molecule has 208 valence electrons. The molecule has 9 heteroatoms. The molecular weight excluding hydrogens is 484 g/mol. The number of carbonyl (C=O) groups is 3. The summed E-state index contributed by atoms with van der Waals surface area (Å²) in [7, 11) is 0. The molecular formula is C29H42N4O5. The highest BCUT2D eigenvalue weighted by Crippen LogP contribution is 2.36. The number of rotatable bonds is 15. The molecule has 3 aliphatic rings. The second kappa shape index (κ2) is 14.2. The van der Waals surface area contributed by atoms with Crippen LogP contribution in [0.1, 0.15) is 89.0 Å². The van der Waals surface area contributed by atoms with Crippen LogP contribution < -0.4 is 10.1 Å². The number of para-hydroxylation sites is 1. The Morgan fingerprint density at radius 1 is 1.05 bits per heavy atom. The maximum atomic E-state index is 12.7. The van der Waals surface area contributed by atoms with Crippen LogP contribution in [0.4, 0.5) is 5.69 Å². The molecule has 9 nitrogen and oxygen atoms in total. The molecule has 1 saturated heterocycles. The second-order valence-corrected chi connectivity index (χ2v) is 10.8. The predicted molar refractivity (Wildman–Crippen MR) is 145 cm³/mol. The van der Waals surface area contributed by atoms with Gasteiger partial charge in [0.2, 0.25) is 17.8 Å². The largest absolute Gasteiger partial charge is 0.491 e. The zero-order valence-electron chi connectivity index (χ0n) is 22.5. The summed E-state index contributed by atoms with van der Waals surface area (Å²) in [5.74, 6) is 1.09. The van der Waals surface area contributed by atoms with Crippen LogP contribution in [0.3, 0.4) is 0 Å². The summed E-state index contributed by atoms with van der Waals surface area (Å²) in [5, 5.41) is 12.0. The van der Waals surface area contributed by atoms with E-state index in [-0.39, 0.29) is 18.4 Å². The van der Waals surface area contributed by atoms with Gasteiger partial charge in [-0.2, -0.15) is 0 Å². The molecule has 2 aliphatic heterocycles. The van der Waals surface area contributed by atoms with Crippen molar-refractivity contribution in [3.63, 3.8) is 0 Å². The first kappa shape index (κ1) is 27.9. The van der Waals surface area contributed by atoms with Gasteiger partial charge in [0.25, 0.3) is 0 Å². The van der Waals surface area contributed by atoms with E-state index in [1.54, 1.807) is 0 Å². The first-order chi connectivity index (χ1) is 18.5. The van der Waals surface area contributed by atoms with Crippen molar-refractivity contribution in [3.8, 4) is 5.75 Å². The Hall–Kier alpha value is -3.10. The van der Waals surface area contributed by atoms with E-state index < -0.39 is 5.97 Å². The van der Waals surface area contributed by atoms with Gasteiger partial charge in [0, 0.05) is 25.1 Å². The van der Waals surface area contributed by atoms with E-state index in [2.05, 4.69) is 10.3 Å². The Bertz CT molecular complexity index is 1000. The van der Waals surface area contributed by atoms with Gasteiger partial charge in [-0.3, -0.25) is 19.7 Å². The number of unbranched alkanes of at least 4 members (excludes halogenated alkanes) is 4. The Balaban J connectivity index is 1.11. The second-order valence-electron chi connectivity index (χ2n) is 10.8. The number of benzene rings is 1. The van der Waals surface area contributed by atoms with Crippen LogP contribution in [0.25, 0.3) is 0 Å². The lowest BCUT2D eigenvalue weighted by Gasteiger charge is -2.24. The number of nitrogens with zero attached hydrogens (tertiary/aromatic N) is 3. The van der Waals surface area contributed by atoms with Crippen LogP contribution in [-0.2, 0) is 20.9 Å². The van der Waals surface area contributed by atoms with E-state index in [9.17, 15) is 19.5 Å². The average Bonchev–Trinajstić information content (AvgIpc) is 3.27. The molecule has 0 atom stereocenters. The quantitative estimate of drug-likeness (QED) is 0.323. The fourth-order valence-corrected chi connectivity index (χ4v) is 5.71. The zero-order valence-corrected chi connectivity index (χ0v) is 22.5. The van der Waals surface area contributed by atoms with Gasteiger partial charge in [-0.25, -0.2) is 4.99 Å². The predicted octanol–water partition coefficient (Wildman–Crippen LogP) is 4.61. The van der Waals surface area contributed by atoms with Gasteiger partial charge in [0.15, 0.2) is 0 Å². The van der Waals surface area contributed by atoms with Crippen molar-refractivity contribution in [1.29, 1.82) is 0 Å². The lowest BCUT2D eigenvalue weighted by Crippen LogP contribution is -2.36. The van der Waals surface area contributed by atoms with E-state index in [1.807, 2.05) is 23.1 Å². The van der Waals surface area contributed by atoms with Crippen LogP contribution in [0.15, 0.2) is 23.2 Å². The van der Waals surface area contributed by atoms with Gasteiger partial charge in [0.1, 0.15) is 24.5 Å². The van der Waals surface area contributed by atoms with Crippen molar-refractivity contribution in [2.24, 2.45) is 10.9 Å². The standard InChI is InChI=1S/C29H42N4O5/c34-25-20-33-19-23-14-10-15-24(28(23)31-29(33)30-25)38-18-9-2-1-6-16-26(35)32(21-27(36)37)17-8-7-13-22-11-4-3-5-12-22/h10,14-15,22H,1-9,11-13,16-21H2,(H,36,37)(H,30,31,34). The van der Waals surface area contributed by atoms with Crippen molar-refractivity contribution in [2.45, 2.75) is 90.0 Å². The molecule has 0 radical (unpaired) electrons. The lowest BCUT2D eigenvalue weighted by molar-refractivity contribution is -0.144. The average molecular weight is 527 g/mol. The van der Waals surface area contributed by atoms with Crippen molar-refractivity contribution < 1.29 is 24.2 Å². The molecule has 2 N–H and O–H groups in total. The van der Waals surface area contributed by atoms with Gasteiger partial charge in [0.05, 0.1) is 6.61 Å². The summed E-state index contributed by atoms with van der Waals surface area (Å²) in [6.45, 7) is 1.86. The Morgan fingerprint density at radius 3 is 2.68 bits per heavy atom. The molecule has 2 heterocycles. The van der Waals surface area contributed by atoms with E-state index in [0.717, 1.165) is 61.4 Å². The number of carbonyl (C=O) groups excluding carboxylic acids is 2. The summed E-state index contributed by atoms with van der Waals surface area (Å²) in [6.07, 6.45) is 13.7. The Kier molecular flexibility index (Phi) is 10.4. The molecule has 0 spiro atoms. The maximum absolute atomic E-state index is 12.7. The third-order valence-corrected chi connectivity index (χ3v) is 7.78. The van der Waals surface area contributed by atoms with Gasteiger partial charge in [-0.15, -0.1) is 0 Å². The fourth-order valence-electron chi connectivity index (χ4n) is 5.71. The molecule has 1 aliphatic carbocycles. The third kappa shape index (κ3) is 8.20. The monoisotopic (exact) mass is 526 g/mol. The summed E-state index contributed by atoms with van der Waals surface area (Å²) >= 11 is 0. The van der Waals surface area contributed by atoms with Gasteiger partial charge < -0.3 is 19.6 Å². The number of ether oxygens (including phenoxy) is 1. The molecule has 2 fully saturated rings. The highest BCUT2D eigenvalue weighted by molar-refractivity contribution is 6.06. The van der Waals surface area contributed by atoms with E-state index in [0.29, 0.717) is 38.6 Å². The van der Waals surface area contributed by atoms with Crippen molar-refractivity contribution in [3.05, 3.63) is 23.8 Å². The van der Waals surface area contributed by atoms with Crippen LogP contribution >= 0.6 is 0 Å². The van der Waals surface area contributed by atoms with Gasteiger partial charge in [-0.05, 0) is 31.2 Å². The zero-order chi connectivity index (χ0) is 26.7. The molecule has 1 aromatic rings. The smallest absolute Gasteiger partial charge is 0.323 e. The molecule has 1 aromatic carbocycles. The van der Waals surface area contributed by atoms with Crippen molar-refractivity contribution in [2.75, 3.05) is 26.2 Å². The summed E-state index contributed by atoms with van der Waals surface area (Å²) in [6, 6.07) is 5.86. The number of carboxylic acids is 1. The molecule has 4 rings (SSSR count). The number of carboxylic acid groups (broad SMARTS) is 1. The summed E-state index contributed by atoms with van der Waals surface area (Å²) < 4.78 is 6.01. The number of aliphatic carboxylic acids is 1. The topological polar surface area (TPSA) is 112 Å². The van der Waals surface area contributed by atoms with E-state index in [4.69, 9.17) is 4.74 Å². The Morgan fingerprint density at radius 2 is 1.87 bits per heavy atom. The molecule has 38 heavy (non-hydrogen) atoms. The highest BCUT2D eigenvalue weighted by atomic mass is 16.5. The summed E-state index contributed by atoms with van der Waals surface area (Å²) in [4.78, 5) is 43.7. The number of nitrogens with one attached hydrogen (secondary N) is 1.